The van der Waals surface area contributed by atoms with Crippen molar-refractivity contribution < 1.29 is 27.9 Å². The van der Waals surface area contributed by atoms with Crippen LogP contribution in [0.3, 0.4) is 0 Å². The molecule has 1 aromatic rings. The van der Waals surface area contributed by atoms with Crippen LogP contribution in [0.5, 0.6) is 5.75 Å². The minimum Gasteiger partial charge on any atom is -0.488 e. The number of nitrogens with one attached hydrogen (secondary N) is 2. The Morgan fingerprint density at radius 1 is 1.28 bits per heavy atom. The van der Waals surface area contributed by atoms with Crippen LogP contribution in [0.25, 0.3) is 0 Å². The van der Waals surface area contributed by atoms with E-state index in [4.69, 9.17) is 4.74 Å². The molecule has 3 amide bonds. The van der Waals surface area contributed by atoms with E-state index in [0.29, 0.717) is 30.1 Å². The molecule has 36 heavy (non-hydrogen) atoms. The van der Waals surface area contributed by atoms with Gasteiger partial charge in [-0.1, -0.05) is 26.2 Å². The molecule has 0 aromatic heterocycles. The third-order valence-corrected chi connectivity index (χ3v) is 7.56. The highest BCUT2D eigenvalue weighted by molar-refractivity contribution is 7.92. The fourth-order valence-corrected chi connectivity index (χ4v) is 5.36. The summed E-state index contributed by atoms with van der Waals surface area (Å²) in [4.78, 5) is 29.4. The molecule has 1 saturated carbocycles. The molecule has 1 aliphatic heterocycles. The molecule has 10 nitrogen and oxygen atoms in total. The van der Waals surface area contributed by atoms with Crippen molar-refractivity contribution in [1.29, 1.82) is 0 Å². The molecule has 11 heteroatoms. The lowest BCUT2D eigenvalue weighted by Crippen LogP contribution is -2.50. The van der Waals surface area contributed by atoms with Gasteiger partial charge in [-0.15, -0.1) is 0 Å². The van der Waals surface area contributed by atoms with Crippen LogP contribution < -0.4 is 14.8 Å². The van der Waals surface area contributed by atoms with E-state index in [1.54, 1.807) is 42.0 Å². The number of carbonyl (C=O) groups excluding carboxylic acids is 2. The monoisotopic (exact) mass is 524 g/mol. The number of urea groups is 1. The fourth-order valence-electron chi connectivity index (χ4n) is 4.81. The Kier molecular flexibility index (Phi) is 9.46. The van der Waals surface area contributed by atoms with Crippen LogP contribution in [0.15, 0.2) is 18.2 Å². The van der Waals surface area contributed by atoms with E-state index in [1.807, 2.05) is 6.92 Å². The summed E-state index contributed by atoms with van der Waals surface area (Å²) in [6.45, 7) is 4.22. The molecule has 1 aromatic carbocycles. The average Bonchev–Trinajstić information content (AvgIpc) is 2.86. The lowest BCUT2D eigenvalue weighted by Gasteiger charge is -2.34. The first kappa shape index (κ1) is 28.0. The second kappa shape index (κ2) is 12.1. The first-order valence-corrected chi connectivity index (χ1v) is 14.5. The number of anilines is 1. The summed E-state index contributed by atoms with van der Waals surface area (Å²) in [5, 5.41) is 12.9. The van der Waals surface area contributed by atoms with E-state index in [1.165, 1.54) is 6.42 Å². The normalized spacial score (nSPS) is 22.4. The molecular weight excluding hydrogens is 484 g/mol. The molecule has 2 aliphatic rings. The van der Waals surface area contributed by atoms with E-state index in [9.17, 15) is 23.1 Å². The quantitative estimate of drug-likeness (QED) is 0.502. The van der Waals surface area contributed by atoms with Crippen LogP contribution in [0.2, 0.25) is 0 Å². The van der Waals surface area contributed by atoms with Gasteiger partial charge in [0, 0.05) is 36.8 Å². The zero-order chi connectivity index (χ0) is 26.5. The maximum absolute atomic E-state index is 13.2. The number of likely N-dealkylation sites (N-methyl/N-ethyl adjacent to an activating group) is 1. The number of nitrogens with zero attached hydrogens (tertiary/aromatic N) is 2. The van der Waals surface area contributed by atoms with Crippen LogP contribution in [0.1, 0.15) is 51.5 Å². The lowest BCUT2D eigenvalue weighted by molar-refractivity contribution is -0.134. The summed E-state index contributed by atoms with van der Waals surface area (Å²) in [6, 6.07) is 4.49. The number of fused-ring (bicyclic) bond motifs is 1. The third kappa shape index (κ3) is 7.73. The number of benzene rings is 1. The van der Waals surface area contributed by atoms with Crippen LogP contribution in [0, 0.1) is 5.92 Å². The smallest absolute Gasteiger partial charge is 0.317 e. The average molecular weight is 525 g/mol. The number of aliphatic hydroxyl groups is 1. The molecule has 0 saturated heterocycles. The van der Waals surface area contributed by atoms with Gasteiger partial charge in [-0.25, -0.2) is 13.2 Å². The first-order chi connectivity index (χ1) is 17.0. The van der Waals surface area contributed by atoms with Crippen molar-refractivity contribution in [2.45, 2.75) is 70.6 Å². The standard InChI is InChI=1S/C25H40N4O6S/c1-17-14-29(18(2)16-30)24(31)13-19-12-21(27-36(4,33)34)10-11-22(19)35-23(17)15-28(3)25(32)26-20-8-6-5-7-9-20/h10-12,17-18,20,23,27,30H,5-9,13-16H2,1-4H3,(H,26,32)/t17-,18-,23-/m1/s1. The number of aliphatic hydroxyl groups excluding tert-OH is 1. The second-order valence-electron chi connectivity index (χ2n) is 10.2. The maximum Gasteiger partial charge on any atom is 0.317 e. The Bertz CT molecular complexity index is 1030. The number of amides is 3. The van der Waals surface area contributed by atoms with Gasteiger partial charge in [0.25, 0.3) is 0 Å². The summed E-state index contributed by atoms with van der Waals surface area (Å²) in [7, 11) is -1.76. The zero-order valence-corrected chi connectivity index (χ0v) is 22.5. The highest BCUT2D eigenvalue weighted by Crippen LogP contribution is 2.29. The first-order valence-electron chi connectivity index (χ1n) is 12.7. The van der Waals surface area contributed by atoms with E-state index in [-0.39, 0.29) is 36.9 Å². The van der Waals surface area contributed by atoms with Crippen molar-refractivity contribution in [3.63, 3.8) is 0 Å². The van der Waals surface area contributed by atoms with E-state index < -0.39 is 22.2 Å². The number of hydrogen-bond acceptors (Lipinski definition) is 6. The van der Waals surface area contributed by atoms with E-state index in [2.05, 4.69) is 10.0 Å². The Balaban J connectivity index is 1.86. The van der Waals surface area contributed by atoms with Crippen molar-refractivity contribution in [2.75, 3.05) is 37.7 Å². The largest absolute Gasteiger partial charge is 0.488 e. The molecule has 1 heterocycles. The number of ether oxygens (including phenoxy) is 1. The molecule has 0 spiro atoms. The van der Waals surface area contributed by atoms with Gasteiger partial charge in [-0.2, -0.15) is 0 Å². The molecule has 3 atom stereocenters. The maximum atomic E-state index is 13.2. The molecule has 3 rings (SSSR count). The SMILES string of the molecule is C[C@@H]1CN([C@H](C)CO)C(=O)Cc2cc(NS(C)(=O)=O)ccc2O[C@@H]1CN(C)C(=O)NC1CCCCC1. The molecule has 202 valence electrons. The van der Waals surface area contributed by atoms with Gasteiger partial charge >= 0.3 is 6.03 Å². The van der Waals surface area contributed by atoms with Gasteiger partial charge in [-0.05, 0) is 38.0 Å². The van der Waals surface area contributed by atoms with E-state index >= 15 is 0 Å². The second-order valence-corrected chi connectivity index (χ2v) is 12.0. The summed E-state index contributed by atoms with van der Waals surface area (Å²) in [6.07, 6.45) is 6.06. The zero-order valence-electron chi connectivity index (χ0n) is 21.7. The third-order valence-electron chi connectivity index (χ3n) is 6.95. The van der Waals surface area contributed by atoms with Crippen molar-refractivity contribution >= 4 is 27.6 Å². The molecular formula is C25H40N4O6S. The van der Waals surface area contributed by atoms with Crippen LogP contribution in [-0.4, -0.2) is 86.4 Å². The number of rotatable bonds is 7. The fraction of sp³-hybridized carbons (Fsp3) is 0.680. The summed E-state index contributed by atoms with van der Waals surface area (Å²) in [5.74, 6) is 0.139. The molecule has 0 bridgehead atoms. The minimum atomic E-state index is -3.50. The van der Waals surface area contributed by atoms with Crippen molar-refractivity contribution in [3.05, 3.63) is 23.8 Å². The molecule has 3 N–H and O–H groups in total. The van der Waals surface area contributed by atoms with Crippen LogP contribution in [-0.2, 0) is 21.2 Å². The highest BCUT2D eigenvalue weighted by atomic mass is 32.2. The Morgan fingerprint density at radius 3 is 2.61 bits per heavy atom. The molecule has 1 fully saturated rings. The van der Waals surface area contributed by atoms with Crippen LogP contribution in [0.4, 0.5) is 10.5 Å². The lowest BCUT2D eigenvalue weighted by atomic mass is 9.96. The topological polar surface area (TPSA) is 128 Å². The Labute approximate surface area is 214 Å². The van der Waals surface area contributed by atoms with Gasteiger partial charge in [0.2, 0.25) is 15.9 Å². The molecule has 1 aliphatic carbocycles. The van der Waals surface area contributed by atoms with Gasteiger partial charge in [-0.3, -0.25) is 9.52 Å². The van der Waals surface area contributed by atoms with E-state index in [0.717, 1.165) is 31.9 Å². The number of carbonyl (C=O) groups is 2. The Morgan fingerprint density at radius 2 is 1.97 bits per heavy atom. The van der Waals surface area contributed by atoms with Crippen molar-refractivity contribution in [1.82, 2.24) is 15.1 Å². The van der Waals surface area contributed by atoms with Crippen molar-refractivity contribution in [3.8, 4) is 5.75 Å². The van der Waals surface area contributed by atoms with Crippen molar-refractivity contribution in [2.24, 2.45) is 5.92 Å². The van der Waals surface area contributed by atoms with Crippen LogP contribution >= 0.6 is 0 Å². The molecule has 0 unspecified atom stereocenters. The molecule has 0 radical (unpaired) electrons. The predicted octanol–water partition coefficient (Wildman–Crippen LogP) is 2.18. The summed E-state index contributed by atoms with van der Waals surface area (Å²) < 4.78 is 32.3. The minimum absolute atomic E-state index is 0.00357. The van der Waals surface area contributed by atoms with Gasteiger partial charge in [0.1, 0.15) is 11.9 Å². The van der Waals surface area contributed by atoms with Gasteiger partial charge < -0.3 is 25.0 Å². The summed E-state index contributed by atoms with van der Waals surface area (Å²) in [5.41, 5.74) is 0.874. The number of sulfonamides is 1. The number of hydrogen-bond donors (Lipinski definition) is 3. The Hall–Kier alpha value is -2.53. The van der Waals surface area contributed by atoms with Gasteiger partial charge in [0.15, 0.2) is 0 Å². The summed E-state index contributed by atoms with van der Waals surface area (Å²) >= 11 is 0. The predicted molar refractivity (Wildman–Crippen MR) is 138 cm³/mol. The van der Waals surface area contributed by atoms with Gasteiger partial charge in [0.05, 0.1) is 31.9 Å². The highest BCUT2D eigenvalue weighted by Gasteiger charge is 2.32.